The maximum atomic E-state index is 14.8. The maximum Gasteiger partial charge on any atom is 0.295 e. The Hall–Kier alpha value is -3.63. The summed E-state index contributed by atoms with van der Waals surface area (Å²) in [5.41, 5.74) is 0.390. The topological polar surface area (TPSA) is 97.8 Å². The van der Waals surface area contributed by atoms with Crippen LogP contribution in [0.4, 0.5) is 4.39 Å². The second-order valence-electron chi connectivity index (χ2n) is 9.69. The molecule has 10 heteroatoms. The number of hydrogen-bond donors (Lipinski definition) is 1. The summed E-state index contributed by atoms with van der Waals surface area (Å²) >= 11 is 0. The zero-order chi connectivity index (χ0) is 28.1. The lowest BCUT2D eigenvalue weighted by atomic mass is 9.94. The predicted octanol–water partition coefficient (Wildman–Crippen LogP) is 3.77. The van der Waals surface area contributed by atoms with Crippen molar-refractivity contribution in [3.63, 3.8) is 0 Å². The first-order valence-corrected chi connectivity index (χ1v) is 13.0. The Morgan fingerprint density at radius 3 is 2.46 bits per heavy atom. The van der Waals surface area contributed by atoms with Gasteiger partial charge in [0.2, 0.25) is 0 Å². The van der Waals surface area contributed by atoms with Crippen LogP contribution < -0.4 is 14.2 Å². The van der Waals surface area contributed by atoms with E-state index in [1.54, 1.807) is 32.0 Å². The van der Waals surface area contributed by atoms with Crippen LogP contribution in [0, 0.1) is 5.82 Å². The van der Waals surface area contributed by atoms with Crippen molar-refractivity contribution in [1.29, 1.82) is 0 Å². The molecule has 1 atom stereocenters. The largest absolute Gasteiger partial charge is 0.507 e. The lowest BCUT2D eigenvalue weighted by Crippen LogP contribution is -2.39. The van der Waals surface area contributed by atoms with Crippen molar-refractivity contribution < 1.29 is 38.0 Å². The Balaban J connectivity index is 1.76. The molecule has 0 aromatic heterocycles. The molecule has 2 aliphatic rings. The first kappa shape index (κ1) is 28.4. The molecule has 4 rings (SSSR count). The lowest BCUT2D eigenvalue weighted by molar-refractivity contribution is -0.140. The van der Waals surface area contributed by atoms with E-state index < -0.39 is 29.3 Å². The highest BCUT2D eigenvalue weighted by molar-refractivity contribution is 6.46. The molecule has 1 amide bonds. The van der Waals surface area contributed by atoms with E-state index in [1.165, 1.54) is 31.3 Å². The van der Waals surface area contributed by atoms with E-state index in [9.17, 15) is 19.1 Å². The molecule has 1 unspecified atom stereocenters. The van der Waals surface area contributed by atoms with Crippen molar-refractivity contribution in [2.45, 2.75) is 32.4 Å². The van der Waals surface area contributed by atoms with Gasteiger partial charge in [0.25, 0.3) is 11.7 Å². The van der Waals surface area contributed by atoms with Gasteiger partial charge in [0.05, 0.1) is 45.2 Å². The highest BCUT2D eigenvalue weighted by Gasteiger charge is 2.47. The highest BCUT2D eigenvalue weighted by Crippen LogP contribution is 2.45. The van der Waals surface area contributed by atoms with Gasteiger partial charge in [-0.05, 0) is 44.5 Å². The number of para-hydroxylation sites is 1. The minimum absolute atomic E-state index is 0.0242. The second kappa shape index (κ2) is 12.5. The van der Waals surface area contributed by atoms with Crippen molar-refractivity contribution >= 4 is 17.4 Å². The Morgan fingerprint density at radius 1 is 1.08 bits per heavy atom. The number of aliphatic hydroxyl groups is 1. The van der Waals surface area contributed by atoms with Crippen molar-refractivity contribution in [2.24, 2.45) is 0 Å². The summed E-state index contributed by atoms with van der Waals surface area (Å²) in [5.74, 6) is -1.99. The molecule has 2 aliphatic heterocycles. The normalized spacial score (nSPS) is 19.5. The van der Waals surface area contributed by atoms with E-state index >= 15 is 0 Å². The molecule has 39 heavy (non-hydrogen) atoms. The Bertz CT molecular complexity index is 1240. The summed E-state index contributed by atoms with van der Waals surface area (Å²) in [6, 6.07) is 8.14. The molecule has 0 bridgehead atoms. The number of nitrogens with zero attached hydrogens (tertiary/aromatic N) is 2. The molecular formula is C29H35FN2O7. The first-order valence-electron chi connectivity index (χ1n) is 13.0. The van der Waals surface area contributed by atoms with Gasteiger partial charge in [-0.2, -0.15) is 0 Å². The fourth-order valence-electron chi connectivity index (χ4n) is 5.00. The summed E-state index contributed by atoms with van der Waals surface area (Å²) in [4.78, 5) is 30.4. The van der Waals surface area contributed by atoms with Gasteiger partial charge in [-0.25, -0.2) is 4.39 Å². The first-order chi connectivity index (χ1) is 18.8. The number of amides is 1. The second-order valence-corrected chi connectivity index (χ2v) is 9.69. The molecule has 0 spiro atoms. The minimum atomic E-state index is -0.964. The van der Waals surface area contributed by atoms with E-state index in [1.807, 2.05) is 0 Å². The van der Waals surface area contributed by atoms with Crippen molar-refractivity contribution in [3.8, 4) is 17.2 Å². The number of carbonyl (C=O) groups is 2. The lowest BCUT2D eigenvalue weighted by Gasteiger charge is -2.30. The van der Waals surface area contributed by atoms with Gasteiger partial charge in [0, 0.05) is 37.3 Å². The number of morpholine rings is 1. The zero-order valence-electron chi connectivity index (χ0n) is 22.7. The number of aliphatic hydroxyl groups excluding tert-OH is 1. The minimum Gasteiger partial charge on any atom is -0.507 e. The quantitative estimate of drug-likeness (QED) is 0.275. The van der Waals surface area contributed by atoms with E-state index in [2.05, 4.69) is 4.90 Å². The summed E-state index contributed by atoms with van der Waals surface area (Å²) in [6.45, 7) is 7.44. The van der Waals surface area contributed by atoms with Crippen LogP contribution in [0.5, 0.6) is 17.2 Å². The monoisotopic (exact) mass is 542 g/mol. The van der Waals surface area contributed by atoms with Gasteiger partial charge < -0.3 is 29.0 Å². The Morgan fingerprint density at radius 2 is 1.82 bits per heavy atom. The van der Waals surface area contributed by atoms with Crippen molar-refractivity contribution in [1.82, 2.24) is 9.80 Å². The molecule has 210 valence electrons. The molecule has 2 saturated heterocycles. The molecule has 2 fully saturated rings. The predicted molar refractivity (Wildman–Crippen MR) is 143 cm³/mol. The number of ether oxygens (including phenoxy) is 4. The van der Waals surface area contributed by atoms with Gasteiger partial charge in [0.15, 0.2) is 23.1 Å². The van der Waals surface area contributed by atoms with Crippen molar-refractivity contribution in [2.75, 3.05) is 53.6 Å². The van der Waals surface area contributed by atoms with E-state index in [4.69, 9.17) is 18.9 Å². The van der Waals surface area contributed by atoms with E-state index in [-0.39, 0.29) is 29.5 Å². The van der Waals surface area contributed by atoms with Crippen LogP contribution in [-0.2, 0) is 14.3 Å². The third-order valence-corrected chi connectivity index (χ3v) is 6.81. The smallest absolute Gasteiger partial charge is 0.295 e. The zero-order valence-corrected chi connectivity index (χ0v) is 22.7. The fourth-order valence-corrected chi connectivity index (χ4v) is 5.00. The molecule has 2 aromatic carbocycles. The van der Waals surface area contributed by atoms with E-state index in [0.717, 1.165) is 25.7 Å². The fraction of sp³-hybridized carbons (Fsp3) is 0.448. The van der Waals surface area contributed by atoms with Crippen LogP contribution in [0.25, 0.3) is 5.76 Å². The standard InChI is InChI=1S/C29H35FN2O7/c1-18(2)39-22-10-9-19(17-21(22)30)26(33)24-25(20-7-5-8-23(36-3)28(20)37-4)32(29(35)27(24)34)12-6-11-31-13-15-38-16-14-31/h5,7-10,17-18,25,33H,6,11-16H2,1-4H3/b26-24-. The van der Waals surface area contributed by atoms with Crippen LogP contribution in [0.15, 0.2) is 42.0 Å². The molecular weight excluding hydrogens is 507 g/mol. The SMILES string of the molecule is COc1cccc(C2/C(=C(/O)c3ccc(OC(C)C)c(F)c3)C(=O)C(=O)N2CCCN2CCOCC2)c1OC. The van der Waals surface area contributed by atoms with Gasteiger partial charge in [-0.3, -0.25) is 14.5 Å². The average Bonchev–Trinajstić information content (AvgIpc) is 3.18. The number of benzene rings is 2. The van der Waals surface area contributed by atoms with Crippen LogP contribution >= 0.6 is 0 Å². The molecule has 0 aliphatic carbocycles. The van der Waals surface area contributed by atoms with Crippen LogP contribution in [0.2, 0.25) is 0 Å². The van der Waals surface area contributed by atoms with Crippen LogP contribution in [0.1, 0.15) is 37.4 Å². The number of halogens is 1. The van der Waals surface area contributed by atoms with Gasteiger partial charge >= 0.3 is 0 Å². The third-order valence-electron chi connectivity index (χ3n) is 6.81. The van der Waals surface area contributed by atoms with Gasteiger partial charge in [-0.15, -0.1) is 0 Å². The number of rotatable bonds is 10. The molecule has 2 heterocycles. The summed E-state index contributed by atoms with van der Waals surface area (Å²) in [5, 5.41) is 11.4. The number of carbonyl (C=O) groups excluding carboxylic acids is 2. The summed E-state index contributed by atoms with van der Waals surface area (Å²) < 4.78 is 36.8. The number of hydrogen-bond acceptors (Lipinski definition) is 8. The average molecular weight is 543 g/mol. The van der Waals surface area contributed by atoms with Crippen LogP contribution in [0.3, 0.4) is 0 Å². The van der Waals surface area contributed by atoms with E-state index in [0.29, 0.717) is 36.7 Å². The molecule has 2 aromatic rings. The molecule has 9 nitrogen and oxygen atoms in total. The molecule has 1 N–H and O–H groups in total. The molecule has 0 radical (unpaired) electrons. The maximum absolute atomic E-state index is 14.8. The number of likely N-dealkylation sites (tertiary alicyclic amines) is 1. The molecule has 0 saturated carbocycles. The number of Topliss-reactive ketones (excluding diaryl/α,β-unsaturated/α-hetero) is 1. The van der Waals surface area contributed by atoms with Gasteiger partial charge in [-0.1, -0.05) is 12.1 Å². The van der Waals surface area contributed by atoms with Gasteiger partial charge in [0.1, 0.15) is 5.76 Å². The Kier molecular flexibility index (Phi) is 9.08. The summed E-state index contributed by atoms with van der Waals surface area (Å²) in [7, 11) is 2.96. The number of ketones is 1. The van der Waals surface area contributed by atoms with Crippen LogP contribution in [-0.4, -0.2) is 86.3 Å². The highest BCUT2D eigenvalue weighted by atomic mass is 19.1. The number of methoxy groups -OCH3 is 2. The summed E-state index contributed by atoms with van der Waals surface area (Å²) in [6.07, 6.45) is 0.355. The third kappa shape index (κ3) is 6.02. The van der Waals surface area contributed by atoms with Crippen molar-refractivity contribution in [3.05, 3.63) is 58.9 Å². The Labute approximate surface area is 227 Å².